The number of hydrogen-bond acceptors (Lipinski definition) is 2. The molecule has 2 aliphatic rings. The van der Waals surface area contributed by atoms with E-state index in [2.05, 4.69) is 38.8 Å². The van der Waals surface area contributed by atoms with Gasteiger partial charge in [0.2, 0.25) is 0 Å². The van der Waals surface area contributed by atoms with E-state index in [9.17, 15) is 0 Å². The summed E-state index contributed by atoms with van der Waals surface area (Å²) in [6.45, 7) is 16.4. The number of rotatable bonds is 4. The van der Waals surface area contributed by atoms with Crippen LogP contribution in [0.15, 0.2) is 0 Å². The molecule has 0 aromatic heterocycles. The average Bonchev–Trinajstić information content (AvgIpc) is 2.88. The van der Waals surface area contributed by atoms with Gasteiger partial charge in [0.05, 0.1) is 0 Å². The predicted molar refractivity (Wildman–Crippen MR) is 85.1 cm³/mol. The molecule has 1 aliphatic heterocycles. The van der Waals surface area contributed by atoms with Crippen molar-refractivity contribution < 1.29 is 4.43 Å². The molecule has 19 heavy (non-hydrogen) atoms. The first-order valence-electron chi connectivity index (χ1n) is 8.11. The third-order valence-corrected chi connectivity index (χ3v) is 10.4. The molecule has 0 aromatic rings. The summed E-state index contributed by atoms with van der Waals surface area (Å²) < 4.78 is 6.30. The lowest BCUT2D eigenvalue weighted by Gasteiger charge is -2.36. The van der Waals surface area contributed by atoms with Crippen LogP contribution in [0, 0.1) is 5.41 Å². The van der Waals surface area contributed by atoms with Gasteiger partial charge in [-0.1, -0.05) is 33.6 Å². The number of nitrogens with zero attached hydrogens (tertiary/aromatic N) is 1. The first-order chi connectivity index (χ1) is 8.74. The van der Waals surface area contributed by atoms with Gasteiger partial charge in [0.1, 0.15) is 0 Å². The molecule has 0 N–H and O–H groups in total. The molecule has 1 aliphatic carbocycles. The highest BCUT2D eigenvalue weighted by Gasteiger charge is 2.40. The van der Waals surface area contributed by atoms with Crippen LogP contribution in [0.2, 0.25) is 18.1 Å². The highest BCUT2D eigenvalue weighted by Crippen LogP contribution is 2.45. The van der Waals surface area contributed by atoms with Crippen LogP contribution >= 0.6 is 0 Å². The summed E-state index contributed by atoms with van der Waals surface area (Å²) in [5.74, 6) is 0. The fraction of sp³-hybridized carbons (Fsp3) is 1.00. The summed E-state index contributed by atoms with van der Waals surface area (Å²) in [6.07, 6.45) is 7.33. The van der Waals surface area contributed by atoms with Crippen LogP contribution in [0.25, 0.3) is 0 Å². The Morgan fingerprint density at radius 1 is 1.11 bits per heavy atom. The SMILES string of the molecule is CC(C)(C)[Si](C)(C)OCCN1CCC2(CCCC2)C1. The van der Waals surface area contributed by atoms with E-state index in [4.69, 9.17) is 4.43 Å². The van der Waals surface area contributed by atoms with Gasteiger partial charge in [-0.15, -0.1) is 0 Å². The maximum atomic E-state index is 6.30. The molecule has 1 spiro atoms. The van der Waals surface area contributed by atoms with Crippen LogP contribution in [0.1, 0.15) is 52.9 Å². The van der Waals surface area contributed by atoms with Crippen LogP contribution in [0.3, 0.4) is 0 Å². The molecule has 2 rings (SSSR count). The van der Waals surface area contributed by atoms with Gasteiger partial charge in [0, 0.05) is 19.7 Å². The van der Waals surface area contributed by atoms with Crippen LogP contribution in [0.5, 0.6) is 0 Å². The fourth-order valence-corrected chi connectivity index (χ4v) is 4.43. The monoisotopic (exact) mass is 283 g/mol. The summed E-state index contributed by atoms with van der Waals surface area (Å²) >= 11 is 0. The van der Waals surface area contributed by atoms with E-state index in [0.717, 1.165) is 13.2 Å². The van der Waals surface area contributed by atoms with E-state index >= 15 is 0 Å². The fourth-order valence-electron chi connectivity index (χ4n) is 3.40. The molecule has 3 heteroatoms. The second-order valence-corrected chi connectivity index (χ2v) is 13.2. The Morgan fingerprint density at radius 3 is 2.32 bits per heavy atom. The molecule has 0 atom stereocenters. The summed E-state index contributed by atoms with van der Waals surface area (Å²) in [5, 5.41) is 0.338. The van der Waals surface area contributed by atoms with Gasteiger partial charge in [-0.2, -0.15) is 0 Å². The minimum Gasteiger partial charge on any atom is -0.416 e. The van der Waals surface area contributed by atoms with E-state index in [-0.39, 0.29) is 0 Å². The van der Waals surface area contributed by atoms with Gasteiger partial charge in [-0.3, -0.25) is 0 Å². The quantitative estimate of drug-likeness (QED) is 0.714. The zero-order valence-corrected chi connectivity index (χ0v) is 14.7. The Hall–Kier alpha value is 0.137. The Morgan fingerprint density at radius 2 is 1.74 bits per heavy atom. The molecule has 2 nitrogen and oxygen atoms in total. The molecule has 1 saturated carbocycles. The van der Waals surface area contributed by atoms with Gasteiger partial charge in [-0.25, -0.2) is 0 Å². The molecule has 0 radical (unpaired) electrons. The van der Waals surface area contributed by atoms with Crippen molar-refractivity contribution in [2.24, 2.45) is 5.41 Å². The minimum absolute atomic E-state index is 0.338. The van der Waals surface area contributed by atoms with Crippen molar-refractivity contribution in [3.63, 3.8) is 0 Å². The smallest absolute Gasteiger partial charge is 0.192 e. The molecule has 112 valence electrons. The summed E-state index contributed by atoms with van der Waals surface area (Å²) in [6, 6.07) is 0. The van der Waals surface area contributed by atoms with Crippen molar-refractivity contribution in [1.29, 1.82) is 0 Å². The van der Waals surface area contributed by atoms with E-state index in [1.54, 1.807) is 0 Å². The third-order valence-electron chi connectivity index (χ3n) is 5.86. The van der Waals surface area contributed by atoms with Crippen molar-refractivity contribution in [2.45, 2.75) is 71.0 Å². The highest BCUT2D eigenvalue weighted by atomic mass is 28.4. The molecule has 0 aromatic carbocycles. The van der Waals surface area contributed by atoms with Crippen LogP contribution in [-0.2, 0) is 4.43 Å². The lowest BCUT2D eigenvalue weighted by Crippen LogP contribution is -2.42. The number of hydrogen-bond donors (Lipinski definition) is 0. The zero-order chi connectivity index (χ0) is 14.1. The Bertz CT molecular complexity index is 302. The summed E-state index contributed by atoms with van der Waals surface area (Å²) in [4.78, 5) is 2.65. The van der Waals surface area contributed by atoms with Crippen LogP contribution in [-0.4, -0.2) is 39.5 Å². The maximum absolute atomic E-state index is 6.30. The summed E-state index contributed by atoms with van der Waals surface area (Å²) in [7, 11) is -1.54. The van der Waals surface area contributed by atoms with Gasteiger partial charge < -0.3 is 9.33 Å². The van der Waals surface area contributed by atoms with Crippen molar-refractivity contribution in [1.82, 2.24) is 4.90 Å². The maximum Gasteiger partial charge on any atom is 0.192 e. The Kier molecular flexibility index (Phi) is 4.49. The molecule has 0 unspecified atom stereocenters. The van der Waals surface area contributed by atoms with Crippen LogP contribution in [0.4, 0.5) is 0 Å². The minimum atomic E-state index is -1.54. The number of likely N-dealkylation sites (tertiary alicyclic amines) is 1. The van der Waals surface area contributed by atoms with E-state index in [0.29, 0.717) is 10.5 Å². The van der Waals surface area contributed by atoms with E-state index in [1.165, 1.54) is 45.2 Å². The lowest BCUT2D eigenvalue weighted by molar-refractivity contribution is 0.202. The van der Waals surface area contributed by atoms with Crippen LogP contribution < -0.4 is 0 Å². The van der Waals surface area contributed by atoms with Crippen molar-refractivity contribution in [3.8, 4) is 0 Å². The second-order valence-electron chi connectivity index (χ2n) is 8.34. The van der Waals surface area contributed by atoms with Gasteiger partial charge in [0.25, 0.3) is 0 Å². The van der Waals surface area contributed by atoms with E-state index < -0.39 is 8.32 Å². The average molecular weight is 284 g/mol. The summed E-state index contributed by atoms with van der Waals surface area (Å²) in [5.41, 5.74) is 0.705. The molecule has 0 amide bonds. The van der Waals surface area contributed by atoms with Gasteiger partial charge >= 0.3 is 0 Å². The van der Waals surface area contributed by atoms with Gasteiger partial charge in [-0.05, 0) is 49.4 Å². The second kappa shape index (κ2) is 5.49. The third kappa shape index (κ3) is 3.62. The van der Waals surface area contributed by atoms with Crippen molar-refractivity contribution >= 4 is 8.32 Å². The first-order valence-corrected chi connectivity index (χ1v) is 11.0. The molecule has 2 fully saturated rings. The normalized spacial score (nSPS) is 24.5. The molecule has 0 bridgehead atoms. The lowest BCUT2D eigenvalue weighted by atomic mass is 9.86. The largest absolute Gasteiger partial charge is 0.416 e. The Balaban J connectivity index is 1.73. The van der Waals surface area contributed by atoms with Crippen molar-refractivity contribution in [3.05, 3.63) is 0 Å². The predicted octanol–water partition coefficient (Wildman–Crippen LogP) is 4.27. The van der Waals surface area contributed by atoms with Crippen molar-refractivity contribution in [2.75, 3.05) is 26.2 Å². The highest BCUT2D eigenvalue weighted by molar-refractivity contribution is 6.74. The van der Waals surface area contributed by atoms with E-state index in [1.807, 2.05) is 0 Å². The molecular weight excluding hydrogens is 250 g/mol. The zero-order valence-electron chi connectivity index (χ0n) is 13.7. The Labute approximate surface area is 121 Å². The molecule has 1 saturated heterocycles. The van der Waals surface area contributed by atoms with Gasteiger partial charge in [0.15, 0.2) is 8.32 Å². The molecule has 1 heterocycles. The molecular formula is C16H33NOSi. The standard InChI is InChI=1S/C16H33NOSi/c1-15(2,3)19(4,5)18-13-12-17-11-10-16(14-17)8-6-7-9-16/h6-14H2,1-5H3. The topological polar surface area (TPSA) is 12.5 Å². The first kappa shape index (κ1) is 15.5.